The Morgan fingerprint density at radius 3 is 2.64 bits per heavy atom. The molecule has 3 nitrogen and oxygen atoms in total. The highest BCUT2D eigenvalue weighted by Crippen LogP contribution is 2.29. The second-order valence-corrected chi connectivity index (χ2v) is 5.79. The molecular formula is C16H21F3N2O. The molecule has 1 saturated heterocycles. The quantitative estimate of drug-likeness (QED) is 0.901. The standard InChI is InChI=1S/C16H21F3N2O/c1-3-13-14(21-15(22)16(17,18)19)8-11(9-20-13)12-7-5-4-6-10(12)2/h4-7,11,13-14,20H,3,8-9H2,1-2H3,(H,21,22). The number of benzene rings is 1. The fourth-order valence-corrected chi connectivity index (χ4v) is 3.11. The summed E-state index contributed by atoms with van der Waals surface area (Å²) in [4.78, 5) is 11.2. The molecule has 0 saturated carbocycles. The minimum Gasteiger partial charge on any atom is -0.344 e. The van der Waals surface area contributed by atoms with Gasteiger partial charge in [0.2, 0.25) is 0 Å². The van der Waals surface area contributed by atoms with Crippen LogP contribution in [0.4, 0.5) is 13.2 Å². The van der Waals surface area contributed by atoms with Crippen molar-refractivity contribution in [3.63, 3.8) is 0 Å². The van der Waals surface area contributed by atoms with Gasteiger partial charge in [0, 0.05) is 18.6 Å². The number of alkyl halides is 3. The predicted molar refractivity (Wildman–Crippen MR) is 78.6 cm³/mol. The van der Waals surface area contributed by atoms with Crippen LogP contribution in [0.2, 0.25) is 0 Å². The maximum Gasteiger partial charge on any atom is 0.471 e. The maximum absolute atomic E-state index is 12.5. The van der Waals surface area contributed by atoms with Crippen molar-refractivity contribution in [3.05, 3.63) is 35.4 Å². The highest BCUT2D eigenvalue weighted by molar-refractivity contribution is 5.82. The number of nitrogens with one attached hydrogen (secondary N) is 2. The minimum atomic E-state index is -4.84. The van der Waals surface area contributed by atoms with Crippen LogP contribution < -0.4 is 10.6 Å². The van der Waals surface area contributed by atoms with Crippen molar-refractivity contribution < 1.29 is 18.0 Å². The first-order valence-corrected chi connectivity index (χ1v) is 7.49. The van der Waals surface area contributed by atoms with E-state index >= 15 is 0 Å². The Morgan fingerprint density at radius 1 is 1.36 bits per heavy atom. The number of halogens is 3. The first-order chi connectivity index (χ1) is 10.3. The first-order valence-electron chi connectivity index (χ1n) is 7.49. The summed E-state index contributed by atoms with van der Waals surface area (Å²) in [6.07, 6.45) is -3.66. The molecule has 0 aromatic heterocycles. The van der Waals surface area contributed by atoms with Crippen LogP contribution in [0, 0.1) is 6.92 Å². The van der Waals surface area contributed by atoms with E-state index < -0.39 is 18.1 Å². The lowest BCUT2D eigenvalue weighted by Gasteiger charge is -2.38. The number of carbonyl (C=O) groups is 1. The molecule has 22 heavy (non-hydrogen) atoms. The number of amides is 1. The summed E-state index contributed by atoms with van der Waals surface area (Å²) in [6, 6.07) is 7.20. The topological polar surface area (TPSA) is 41.1 Å². The van der Waals surface area contributed by atoms with Crippen molar-refractivity contribution in [2.24, 2.45) is 0 Å². The van der Waals surface area contributed by atoms with Crippen molar-refractivity contribution in [2.75, 3.05) is 6.54 Å². The third kappa shape index (κ3) is 3.80. The highest BCUT2D eigenvalue weighted by Gasteiger charge is 2.42. The SMILES string of the molecule is CCC1NCC(c2ccccc2C)CC1NC(=O)C(F)(F)F. The van der Waals surface area contributed by atoms with Crippen LogP contribution in [0.1, 0.15) is 36.8 Å². The van der Waals surface area contributed by atoms with Gasteiger partial charge >= 0.3 is 12.1 Å². The molecule has 6 heteroatoms. The van der Waals surface area contributed by atoms with E-state index in [1.54, 1.807) is 0 Å². The number of piperidine rings is 1. The number of rotatable bonds is 3. The largest absolute Gasteiger partial charge is 0.471 e. The van der Waals surface area contributed by atoms with Crippen LogP contribution >= 0.6 is 0 Å². The van der Waals surface area contributed by atoms with Crippen molar-refractivity contribution in [2.45, 2.75) is 50.9 Å². The van der Waals surface area contributed by atoms with Crippen LogP contribution in [0.25, 0.3) is 0 Å². The molecule has 0 bridgehead atoms. The molecule has 3 atom stereocenters. The van der Waals surface area contributed by atoms with E-state index in [4.69, 9.17) is 0 Å². The van der Waals surface area contributed by atoms with Gasteiger partial charge in [0.25, 0.3) is 0 Å². The lowest BCUT2D eigenvalue weighted by molar-refractivity contribution is -0.174. The zero-order chi connectivity index (χ0) is 16.3. The summed E-state index contributed by atoms with van der Waals surface area (Å²) >= 11 is 0. The molecule has 0 radical (unpaired) electrons. The van der Waals surface area contributed by atoms with E-state index in [-0.39, 0.29) is 12.0 Å². The molecule has 2 N–H and O–H groups in total. The van der Waals surface area contributed by atoms with Gasteiger partial charge in [0.05, 0.1) is 0 Å². The third-order valence-electron chi connectivity index (χ3n) is 4.29. The predicted octanol–water partition coefficient (Wildman–Crippen LogP) is 2.90. The zero-order valence-corrected chi connectivity index (χ0v) is 12.7. The van der Waals surface area contributed by atoms with Gasteiger partial charge in [-0.3, -0.25) is 4.79 Å². The highest BCUT2D eigenvalue weighted by atomic mass is 19.4. The van der Waals surface area contributed by atoms with E-state index in [1.807, 2.05) is 38.1 Å². The van der Waals surface area contributed by atoms with Gasteiger partial charge in [-0.2, -0.15) is 13.2 Å². The lowest BCUT2D eigenvalue weighted by atomic mass is 9.83. The van der Waals surface area contributed by atoms with Gasteiger partial charge < -0.3 is 10.6 Å². The Morgan fingerprint density at radius 2 is 2.05 bits per heavy atom. The van der Waals surface area contributed by atoms with E-state index in [0.717, 1.165) is 11.1 Å². The van der Waals surface area contributed by atoms with E-state index in [2.05, 4.69) is 10.6 Å². The van der Waals surface area contributed by atoms with Gasteiger partial charge in [-0.25, -0.2) is 0 Å². The van der Waals surface area contributed by atoms with Crippen molar-refractivity contribution in [1.29, 1.82) is 0 Å². The van der Waals surface area contributed by atoms with Crippen LogP contribution in [-0.2, 0) is 4.79 Å². The van der Waals surface area contributed by atoms with Gasteiger partial charge in [0.15, 0.2) is 0 Å². The molecule has 1 heterocycles. The summed E-state index contributed by atoms with van der Waals surface area (Å²) in [7, 11) is 0. The average molecular weight is 314 g/mol. The Hall–Kier alpha value is -1.56. The van der Waals surface area contributed by atoms with Gasteiger partial charge in [0.1, 0.15) is 0 Å². The Labute approximate surface area is 128 Å². The van der Waals surface area contributed by atoms with Gasteiger partial charge in [-0.05, 0) is 36.8 Å². The van der Waals surface area contributed by atoms with E-state index in [0.29, 0.717) is 19.4 Å². The van der Waals surface area contributed by atoms with Crippen LogP contribution in [0.15, 0.2) is 24.3 Å². The molecule has 122 valence electrons. The summed E-state index contributed by atoms with van der Waals surface area (Å²) < 4.78 is 37.5. The average Bonchev–Trinajstić information content (AvgIpc) is 2.46. The molecular weight excluding hydrogens is 293 g/mol. The number of carbonyl (C=O) groups excluding carboxylic acids is 1. The van der Waals surface area contributed by atoms with Gasteiger partial charge in [-0.1, -0.05) is 31.2 Å². The van der Waals surface area contributed by atoms with Crippen LogP contribution in [-0.4, -0.2) is 30.7 Å². The molecule has 3 unspecified atom stereocenters. The second kappa shape index (κ2) is 6.69. The fraction of sp³-hybridized carbons (Fsp3) is 0.562. The lowest BCUT2D eigenvalue weighted by Crippen LogP contribution is -2.57. The Kier molecular flexibility index (Phi) is 5.11. The first kappa shape index (κ1) is 16.8. The maximum atomic E-state index is 12.5. The summed E-state index contributed by atoms with van der Waals surface area (Å²) in [6.45, 7) is 4.60. The molecule has 2 rings (SSSR count). The molecule has 1 fully saturated rings. The third-order valence-corrected chi connectivity index (χ3v) is 4.29. The Bertz CT molecular complexity index is 530. The van der Waals surface area contributed by atoms with Crippen molar-refractivity contribution in [3.8, 4) is 0 Å². The van der Waals surface area contributed by atoms with Crippen LogP contribution in [0.5, 0.6) is 0 Å². The summed E-state index contributed by atoms with van der Waals surface area (Å²) in [5.41, 5.74) is 2.24. The molecule has 0 aliphatic carbocycles. The van der Waals surface area contributed by atoms with E-state index in [9.17, 15) is 18.0 Å². The summed E-state index contributed by atoms with van der Waals surface area (Å²) in [5, 5.41) is 5.42. The molecule has 1 amide bonds. The number of aryl methyl sites for hydroxylation is 1. The summed E-state index contributed by atoms with van der Waals surface area (Å²) in [5.74, 6) is -1.76. The molecule has 1 aromatic carbocycles. The minimum absolute atomic E-state index is 0.0996. The smallest absolute Gasteiger partial charge is 0.344 e. The van der Waals surface area contributed by atoms with Gasteiger partial charge in [-0.15, -0.1) is 0 Å². The normalized spacial score (nSPS) is 25.8. The molecule has 1 aliphatic heterocycles. The van der Waals surface area contributed by atoms with Crippen molar-refractivity contribution in [1.82, 2.24) is 10.6 Å². The molecule has 0 spiro atoms. The van der Waals surface area contributed by atoms with E-state index in [1.165, 1.54) is 0 Å². The number of hydrogen-bond donors (Lipinski definition) is 2. The number of hydrogen-bond acceptors (Lipinski definition) is 2. The fourth-order valence-electron chi connectivity index (χ4n) is 3.11. The zero-order valence-electron chi connectivity index (χ0n) is 12.7. The monoisotopic (exact) mass is 314 g/mol. The van der Waals surface area contributed by atoms with Crippen LogP contribution in [0.3, 0.4) is 0 Å². The van der Waals surface area contributed by atoms with Crippen molar-refractivity contribution >= 4 is 5.91 Å². The Balaban J connectivity index is 2.13. The molecule has 1 aromatic rings. The molecule has 1 aliphatic rings. The second-order valence-electron chi connectivity index (χ2n) is 5.79.